The van der Waals surface area contributed by atoms with Crippen molar-refractivity contribution in [3.63, 3.8) is 0 Å². The van der Waals surface area contributed by atoms with Gasteiger partial charge in [0, 0.05) is 32.2 Å². The molecule has 0 unspecified atom stereocenters. The maximum absolute atomic E-state index is 13.0. The van der Waals surface area contributed by atoms with E-state index in [-0.39, 0.29) is 36.8 Å². The third-order valence-corrected chi connectivity index (χ3v) is 7.09. The largest absolute Gasteiger partial charge is 0.416 e. The fraction of sp³-hybridized carbons (Fsp3) is 0.368. The predicted octanol–water partition coefficient (Wildman–Crippen LogP) is 3.74. The Morgan fingerprint density at radius 1 is 1.00 bits per heavy atom. The first-order valence-corrected chi connectivity index (χ1v) is 10.5. The SMILES string of the molecule is Cc1ccc(S(=O)(=O)N2CCN(c3ccc(C(F)(F)F)cc3[N+](=O)[O-])CC2)c(C)c1. The molecule has 7 nitrogen and oxygen atoms in total. The van der Waals surface area contributed by atoms with Crippen molar-refractivity contribution in [1.29, 1.82) is 0 Å². The number of anilines is 1. The number of halogens is 3. The molecule has 1 fully saturated rings. The Bertz CT molecular complexity index is 1080. The van der Waals surface area contributed by atoms with Crippen LogP contribution in [-0.2, 0) is 16.2 Å². The minimum Gasteiger partial charge on any atom is -0.363 e. The summed E-state index contributed by atoms with van der Waals surface area (Å²) in [6, 6.07) is 7.40. The molecule has 2 aromatic carbocycles. The van der Waals surface area contributed by atoms with Gasteiger partial charge in [0.1, 0.15) is 5.69 Å². The maximum atomic E-state index is 13.0. The van der Waals surface area contributed by atoms with Gasteiger partial charge in [0.25, 0.3) is 5.69 Å². The second-order valence-electron chi connectivity index (χ2n) is 7.12. The van der Waals surface area contributed by atoms with Crippen LogP contribution in [0.3, 0.4) is 0 Å². The smallest absolute Gasteiger partial charge is 0.363 e. The first kappa shape index (κ1) is 22.0. The number of rotatable bonds is 4. The van der Waals surface area contributed by atoms with E-state index in [0.29, 0.717) is 11.6 Å². The number of nitro benzene ring substituents is 1. The van der Waals surface area contributed by atoms with Crippen molar-refractivity contribution in [2.24, 2.45) is 0 Å². The summed E-state index contributed by atoms with van der Waals surface area (Å²) in [5, 5.41) is 11.3. The summed E-state index contributed by atoms with van der Waals surface area (Å²) < 4.78 is 65.9. The molecule has 0 aliphatic carbocycles. The Labute approximate surface area is 171 Å². The molecule has 0 saturated carbocycles. The van der Waals surface area contributed by atoms with Crippen LogP contribution in [0.5, 0.6) is 0 Å². The monoisotopic (exact) mass is 443 g/mol. The number of nitro groups is 1. The molecular weight excluding hydrogens is 423 g/mol. The van der Waals surface area contributed by atoms with Gasteiger partial charge in [-0.05, 0) is 37.6 Å². The minimum absolute atomic E-state index is 0.0385. The van der Waals surface area contributed by atoms with E-state index < -0.39 is 32.4 Å². The van der Waals surface area contributed by atoms with E-state index >= 15 is 0 Å². The molecule has 0 aromatic heterocycles. The van der Waals surface area contributed by atoms with Crippen LogP contribution < -0.4 is 4.90 Å². The Kier molecular flexibility index (Phi) is 5.79. The van der Waals surface area contributed by atoms with Gasteiger partial charge in [-0.2, -0.15) is 17.5 Å². The van der Waals surface area contributed by atoms with Crippen molar-refractivity contribution >= 4 is 21.4 Å². The van der Waals surface area contributed by atoms with E-state index in [1.807, 2.05) is 6.92 Å². The lowest BCUT2D eigenvalue weighted by Crippen LogP contribution is -2.49. The van der Waals surface area contributed by atoms with E-state index in [2.05, 4.69) is 0 Å². The standard InChI is InChI=1S/C19H20F3N3O4S/c1-13-3-6-18(14(2)11-13)30(28,29)24-9-7-23(8-10-24)16-5-4-15(19(20,21)22)12-17(16)25(26)27/h3-6,11-12H,7-10H2,1-2H3. The van der Waals surface area contributed by atoms with Crippen molar-refractivity contribution in [1.82, 2.24) is 4.31 Å². The van der Waals surface area contributed by atoms with Gasteiger partial charge in [-0.3, -0.25) is 10.1 Å². The molecule has 0 N–H and O–H groups in total. The molecule has 1 heterocycles. The van der Waals surface area contributed by atoms with Gasteiger partial charge < -0.3 is 4.90 Å². The fourth-order valence-corrected chi connectivity index (χ4v) is 5.14. The van der Waals surface area contributed by atoms with Gasteiger partial charge in [-0.15, -0.1) is 0 Å². The van der Waals surface area contributed by atoms with E-state index in [4.69, 9.17) is 0 Å². The summed E-state index contributed by atoms with van der Waals surface area (Å²) in [4.78, 5) is 12.2. The highest BCUT2D eigenvalue weighted by molar-refractivity contribution is 7.89. The van der Waals surface area contributed by atoms with Crippen molar-refractivity contribution in [3.8, 4) is 0 Å². The summed E-state index contributed by atoms with van der Waals surface area (Å²) in [7, 11) is -3.74. The van der Waals surface area contributed by atoms with Crippen molar-refractivity contribution in [3.05, 3.63) is 63.2 Å². The molecule has 30 heavy (non-hydrogen) atoms. The van der Waals surface area contributed by atoms with E-state index in [9.17, 15) is 31.7 Å². The highest BCUT2D eigenvalue weighted by atomic mass is 32.2. The van der Waals surface area contributed by atoms with Crippen LogP contribution in [0.1, 0.15) is 16.7 Å². The van der Waals surface area contributed by atoms with Crippen LogP contribution in [0.2, 0.25) is 0 Å². The summed E-state index contributed by atoms with van der Waals surface area (Å²) >= 11 is 0. The van der Waals surface area contributed by atoms with Gasteiger partial charge in [-0.1, -0.05) is 17.7 Å². The second kappa shape index (κ2) is 7.88. The van der Waals surface area contributed by atoms with Crippen LogP contribution in [0, 0.1) is 24.0 Å². The lowest BCUT2D eigenvalue weighted by molar-refractivity contribution is -0.384. The van der Waals surface area contributed by atoms with Gasteiger partial charge in [0.15, 0.2) is 0 Å². The zero-order chi connectivity index (χ0) is 22.3. The summed E-state index contributed by atoms with van der Waals surface area (Å²) in [5.74, 6) is 0. The van der Waals surface area contributed by atoms with Crippen LogP contribution >= 0.6 is 0 Å². The van der Waals surface area contributed by atoms with Crippen molar-refractivity contribution in [2.75, 3.05) is 31.1 Å². The van der Waals surface area contributed by atoms with E-state index in [1.54, 1.807) is 25.1 Å². The van der Waals surface area contributed by atoms with Crippen molar-refractivity contribution in [2.45, 2.75) is 24.9 Å². The Morgan fingerprint density at radius 3 is 2.17 bits per heavy atom. The molecule has 1 aliphatic heterocycles. The molecule has 1 saturated heterocycles. The first-order chi connectivity index (χ1) is 13.9. The lowest BCUT2D eigenvalue weighted by Gasteiger charge is -2.35. The number of aryl methyl sites for hydroxylation is 2. The van der Waals surface area contributed by atoms with E-state index in [1.165, 1.54) is 9.21 Å². The third kappa shape index (κ3) is 4.26. The third-order valence-electron chi connectivity index (χ3n) is 5.03. The molecule has 0 radical (unpaired) electrons. The molecule has 2 aromatic rings. The van der Waals surface area contributed by atoms with Gasteiger partial charge in [0.05, 0.1) is 15.4 Å². The first-order valence-electron chi connectivity index (χ1n) is 9.09. The number of benzene rings is 2. The number of hydrogen-bond acceptors (Lipinski definition) is 5. The van der Waals surface area contributed by atoms with Crippen LogP contribution in [0.15, 0.2) is 41.3 Å². The number of nitrogens with zero attached hydrogens (tertiary/aromatic N) is 3. The highest BCUT2D eigenvalue weighted by Gasteiger charge is 2.35. The van der Waals surface area contributed by atoms with Gasteiger partial charge >= 0.3 is 6.18 Å². The Morgan fingerprint density at radius 2 is 1.63 bits per heavy atom. The summed E-state index contributed by atoms with van der Waals surface area (Å²) in [6.07, 6.45) is -4.69. The Hall–Kier alpha value is -2.66. The molecule has 0 bridgehead atoms. The van der Waals surface area contributed by atoms with Crippen LogP contribution in [-0.4, -0.2) is 43.8 Å². The average molecular weight is 443 g/mol. The summed E-state index contributed by atoms with van der Waals surface area (Å²) in [5.41, 5.74) is -0.164. The zero-order valence-electron chi connectivity index (χ0n) is 16.3. The Balaban J connectivity index is 1.82. The average Bonchev–Trinajstić information content (AvgIpc) is 2.66. The second-order valence-corrected chi connectivity index (χ2v) is 9.02. The zero-order valence-corrected chi connectivity index (χ0v) is 17.1. The van der Waals surface area contributed by atoms with Crippen molar-refractivity contribution < 1.29 is 26.5 Å². The lowest BCUT2D eigenvalue weighted by atomic mass is 10.1. The summed E-state index contributed by atoms with van der Waals surface area (Å²) in [6.45, 7) is 3.94. The molecule has 162 valence electrons. The molecule has 0 amide bonds. The number of sulfonamides is 1. The van der Waals surface area contributed by atoms with Gasteiger partial charge in [-0.25, -0.2) is 8.42 Å². The normalized spacial score (nSPS) is 16.0. The van der Waals surface area contributed by atoms with Crippen LogP contribution in [0.4, 0.5) is 24.5 Å². The molecule has 0 spiro atoms. The molecular formula is C19H20F3N3O4S. The number of alkyl halides is 3. The quantitative estimate of drug-likeness (QED) is 0.531. The number of hydrogen-bond donors (Lipinski definition) is 0. The van der Waals surface area contributed by atoms with Gasteiger partial charge in [0.2, 0.25) is 10.0 Å². The van der Waals surface area contributed by atoms with E-state index in [0.717, 1.165) is 17.7 Å². The predicted molar refractivity (Wildman–Crippen MR) is 105 cm³/mol. The molecule has 3 rings (SSSR count). The minimum atomic E-state index is -4.69. The molecule has 0 atom stereocenters. The fourth-order valence-electron chi connectivity index (χ4n) is 3.51. The molecule has 1 aliphatic rings. The topological polar surface area (TPSA) is 83.8 Å². The number of piperazine rings is 1. The highest BCUT2D eigenvalue weighted by Crippen LogP contribution is 2.37. The van der Waals surface area contributed by atoms with Crippen LogP contribution in [0.25, 0.3) is 0 Å². The maximum Gasteiger partial charge on any atom is 0.416 e. The molecule has 11 heteroatoms.